The van der Waals surface area contributed by atoms with Crippen molar-refractivity contribution >= 4 is 34.2 Å². The molecule has 1 saturated carbocycles. The minimum absolute atomic E-state index is 0.0166. The van der Waals surface area contributed by atoms with Crippen LogP contribution in [0, 0.1) is 0 Å². The zero-order valence-electron chi connectivity index (χ0n) is 20.2. The molecule has 1 aromatic heterocycles. The third-order valence-corrected chi connectivity index (χ3v) is 8.27. The summed E-state index contributed by atoms with van der Waals surface area (Å²) in [6.45, 7) is 4.67. The van der Waals surface area contributed by atoms with Crippen LogP contribution in [0.1, 0.15) is 44.2 Å². The molecule has 0 unspecified atom stereocenters. The Morgan fingerprint density at radius 1 is 1.17 bits per heavy atom. The van der Waals surface area contributed by atoms with Gasteiger partial charge in [0.05, 0.1) is 28.2 Å². The van der Waals surface area contributed by atoms with Crippen molar-refractivity contribution in [1.82, 2.24) is 14.5 Å². The Morgan fingerprint density at radius 2 is 1.94 bits per heavy atom. The van der Waals surface area contributed by atoms with Crippen molar-refractivity contribution in [2.45, 2.75) is 49.7 Å². The molecule has 2 aromatic carbocycles. The molecule has 3 aromatic rings. The van der Waals surface area contributed by atoms with Crippen LogP contribution in [0.15, 0.2) is 47.4 Å². The van der Waals surface area contributed by atoms with Crippen LogP contribution in [0.2, 0.25) is 5.02 Å². The number of aliphatic hydroxyl groups is 1. The van der Waals surface area contributed by atoms with Gasteiger partial charge < -0.3 is 19.7 Å². The molecule has 0 bridgehead atoms. The van der Waals surface area contributed by atoms with E-state index in [1.807, 2.05) is 36.4 Å². The van der Waals surface area contributed by atoms with Crippen LogP contribution in [0.5, 0.6) is 5.75 Å². The van der Waals surface area contributed by atoms with Gasteiger partial charge >= 0.3 is 0 Å². The van der Waals surface area contributed by atoms with Gasteiger partial charge in [-0.15, -0.1) is 0 Å². The van der Waals surface area contributed by atoms with Crippen molar-refractivity contribution in [2.24, 2.45) is 0 Å². The maximum absolute atomic E-state index is 12.8. The highest BCUT2D eigenvalue weighted by Crippen LogP contribution is 2.46. The monoisotopic (exact) mass is 508 g/mol. The van der Waals surface area contributed by atoms with E-state index in [1.54, 1.807) is 11.5 Å². The first-order valence-corrected chi connectivity index (χ1v) is 12.8. The zero-order valence-corrected chi connectivity index (χ0v) is 20.9. The molecule has 3 aliphatic rings. The molecule has 1 spiro atoms. The number of amides is 1. The molecule has 2 aliphatic heterocycles. The number of likely N-dealkylation sites (tertiary alicyclic amines) is 1. The first-order chi connectivity index (χ1) is 17.2. The number of benzene rings is 2. The van der Waals surface area contributed by atoms with Gasteiger partial charge in [-0.3, -0.25) is 14.5 Å². The number of fused-ring (bicyclic) bond motifs is 3. The fraction of sp³-hybridized carbons (Fsp3) is 0.444. The first-order valence-electron chi connectivity index (χ1n) is 12.4. The quantitative estimate of drug-likeness (QED) is 0.547. The summed E-state index contributed by atoms with van der Waals surface area (Å²) in [7, 11) is 0. The van der Waals surface area contributed by atoms with Crippen LogP contribution in [0.3, 0.4) is 0 Å². The lowest BCUT2D eigenvalue weighted by atomic mass is 9.73. The lowest BCUT2D eigenvalue weighted by molar-refractivity contribution is -0.122. The third-order valence-electron chi connectivity index (χ3n) is 8.04. The molecular formula is C27H29ClN4O4. The second-order valence-electron chi connectivity index (χ2n) is 10.6. The highest BCUT2D eigenvalue weighted by molar-refractivity contribution is 6.31. The molecule has 2 fully saturated rings. The number of carbonyl (C=O) groups excluding carboxylic acids is 1. The van der Waals surface area contributed by atoms with Gasteiger partial charge in [0.25, 0.3) is 5.56 Å². The Balaban J connectivity index is 1.08. The van der Waals surface area contributed by atoms with Crippen molar-refractivity contribution < 1.29 is 14.6 Å². The largest absolute Gasteiger partial charge is 0.492 e. The average Bonchev–Trinajstić information content (AvgIpc) is 3.09. The number of hydrogen-bond donors (Lipinski definition) is 2. The van der Waals surface area contributed by atoms with Crippen molar-refractivity contribution in [3.8, 4) is 5.75 Å². The molecular weight excluding hydrogens is 480 g/mol. The van der Waals surface area contributed by atoms with Crippen LogP contribution in [0.25, 0.3) is 11.0 Å². The number of nitrogens with zero attached hydrogens (tertiary/aromatic N) is 3. The Bertz CT molecular complexity index is 1400. The second-order valence-corrected chi connectivity index (χ2v) is 11.0. The topological polar surface area (TPSA) is 96.7 Å². The summed E-state index contributed by atoms with van der Waals surface area (Å²) in [5.74, 6) is 0.774. The van der Waals surface area contributed by atoms with Crippen molar-refractivity contribution in [3.05, 3.63) is 63.5 Å². The van der Waals surface area contributed by atoms with Gasteiger partial charge in [-0.25, -0.2) is 4.98 Å². The van der Waals surface area contributed by atoms with E-state index in [-0.39, 0.29) is 17.5 Å². The summed E-state index contributed by atoms with van der Waals surface area (Å²) in [4.78, 5) is 31.9. The molecule has 9 heteroatoms. The van der Waals surface area contributed by atoms with Gasteiger partial charge in [0.2, 0.25) is 5.91 Å². The number of ether oxygens (including phenoxy) is 1. The van der Waals surface area contributed by atoms with Crippen molar-refractivity contribution in [2.75, 3.05) is 31.6 Å². The van der Waals surface area contributed by atoms with Crippen molar-refractivity contribution in [1.29, 1.82) is 0 Å². The van der Waals surface area contributed by atoms with Crippen LogP contribution in [-0.4, -0.2) is 57.3 Å². The van der Waals surface area contributed by atoms with E-state index in [0.717, 1.165) is 49.2 Å². The predicted molar refractivity (Wildman–Crippen MR) is 138 cm³/mol. The molecule has 1 amide bonds. The predicted octanol–water partition coefficient (Wildman–Crippen LogP) is 3.50. The standard InChI is InChI=1S/C27H29ClN4O4/c1-26(35)14-18(15-26)32-23-5-3-19(13-22(23)29-16-24(32)33)36-11-10-31-8-6-27(7-9-31)20-12-17(28)2-4-21(20)30-25(27)34/h2-5,12-13,16,18,35H,6-11,14-15H2,1H3,(H,30,34)/t18-,26+. The van der Waals surface area contributed by atoms with Crippen LogP contribution < -0.4 is 15.6 Å². The molecule has 0 atom stereocenters. The Labute approximate surface area is 213 Å². The minimum atomic E-state index is -0.713. The van der Waals surface area contributed by atoms with Gasteiger partial charge in [-0.1, -0.05) is 11.6 Å². The number of anilines is 1. The maximum Gasteiger partial charge on any atom is 0.269 e. The number of halogens is 1. The summed E-state index contributed by atoms with van der Waals surface area (Å²) < 4.78 is 7.76. The lowest BCUT2D eigenvalue weighted by Gasteiger charge is -2.42. The Morgan fingerprint density at radius 3 is 2.69 bits per heavy atom. The lowest BCUT2D eigenvalue weighted by Crippen LogP contribution is -2.47. The molecule has 0 radical (unpaired) electrons. The minimum Gasteiger partial charge on any atom is -0.492 e. The van der Waals surface area contributed by atoms with Gasteiger partial charge in [0, 0.05) is 29.4 Å². The fourth-order valence-corrected chi connectivity index (χ4v) is 6.23. The molecule has 8 nitrogen and oxygen atoms in total. The molecule has 6 rings (SSSR count). The summed E-state index contributed by atoms with van der Waals surface area (Å²) >= 11 is 6.22. The van der Waals surface area contributed by atoms with Crippen LogP contribution in [-0.2, 0) is 10.2 Å². The van der Waals surface area contributed by atoms with Crippen LogP contribution >= 0.6 is 11.6 Å². The fourth-order valence-electron chi connectivity index (χ4n) is 6.05. The summed E-state index contributed by atoms with van der Waals surface area (Å²) in [6, 6.07) is 11.2. The molecule has 36 heavy (non-hydrogen) atoms. The number of aromatic nitrogens is 2. The van der Waals surface area contributed by atoms with E-state index >= 15 is 0 Å². The highest BCUT2D eigenvalue weighted by atomic mass is 35.5. The molecule has 1 aliphatic carbocycles. The van der Waals surface area contributed by atoms with E-state index in [0.29, 0.717) is 35.7 Å². The number of nitrogens with one attached hydrogen (secondary N) is 1. The van der Waals surface area contributed by atoms with Gasteiger partial charge in [0.15, 0.2) is 0 Å². The van der Waals surface area contributed by atoms with Gasteiger partial charge in [-0.05, 0) is 81.6 Å². The van der Waals surface area contributed by atoms with E-state index in [4.69, 9.17) is 16.3 Å². The maximum atomic E-state index is 12.8. The van der Waals surface area contributed by atoms with Gasteiger partial charge in [0.1, 0.15) is 12.4 Å². The van der Waals surface area contributed by atoms with Gasteiger partial charge in [-0.2, -0.15) is 0 Å². The van der Waals surface area contributed by atoms with Crippen LogP contribution in [0.4, 0.5) is 5.69 Å². The number of piperidine rings is 1. The molecule has 3 heterocycles. The highest BCUT2D eigenvalue weighted by Gasteiger charge is 2.48. The van der Waals surface area contributed by atoms with E-state index in [1.165, 1.54) is 6.20 Å². The van der Waals surface area contributed by atoms with E-state index in [2.05, 4.69) is 15.2 Å². The Hall–Kier alpha value is -2.94. The molecule has 188 valence electrons. The van der Waals surface area contributed by atoms with E-state index < -0.39 is 11.0 Å². The number of rotatable bonds is 5. The number of hydrogen-bond acceptors (Lipinski definition) is 6. The zero-order chi connectivity index (χ0) is 25.1. The normalized spacial score (nSPS) is 25.0. The summed E-state index contributed by atoms with van der Waals surface area (Å²) in [5, 5.41) is 13.8. The van der Waals surface area contributed by atoms with E-state index in [9.17, 15) is 14.7 Å². The van der Waals surface area contributed by atoms with Crippen molar-refractivity contribution in [3.63, 3.8) is 0 Å². The SMILES string of the molecule is C[C@]1(O)C[C@@H](n2c(=O)cnc3cc(OCCN4CCC5(CC4)C(=O)Nc4ccc(Cl)cc45)ccc32)C1. The first kappa shape index (κ1) is 23.5. The summed E-state index contributed by atoms with van der Waals surface area (Å²) in [6.07, 6.45) is 3.95. The third kappa shape index (κ3) is 3.97. The number of carbonyl (C=O) groups is 1. The molecule has 2 N–H and O–H groups in total. The molecule has 1 saturated heterocycles. The smallest absolute Gasteiger partial charge is 0.269 e. The second kappa shape index (κ2) is 8.57. The Kier molecular flexibility index (Phi) is 5.59. The summed E-state index contributed by atoms with van der Waals surface area (Å²) in [5.41, 5.74) is 1.98. The average molecular weight is 509 g/mol.